The SMILES string of the molecule is Cc1sc2c(c1C#N)CN(Cc1cccc(F)c1)CC2. The van der Waals surface area contributed by atoms with Crippen molar-refractivity contribution in [2.45, 2.75) is 26.4 Å². The number of hydrogen-bond acceptors (Lipinski definition) is 3. The van der Waals surface area contributed by atoms with Crippen LogP contribution in [0.5, 0.6) is 0 Å². The fraction of sp³-hybridized carbons (Fsp3) is 0.312. The predicted molar refractivity (Wildman–Crippen MR) is 78.0 cm³/mol. The van der Waals surface area contributed by atoms with E-state index >= 15 is 0 Å². The molecular weight excluding hydrogens is 271 g/mol. The Morgan fingerprint density at radius 3 is 3.05 bits per heavy atom. The lowest BCUT2D eigenvalue weighted by atomic mass is 10.0. The Morgan fingerprint density at radius 2 is 2.30 bits per heavy atom. The zero-order chi connectivity index (χ0) is 14.1. The topological polar surface area (TPSA) is 27.0 Å². The Balaban J connectivity index is 1.80. The molecule has 0 amide bonds. The second-order valence-corrected chi connectivity index (χ2v) is 6.45. The van der Waals surface area contributed by atoms with Crippen LogP contribution >= 0.6 is 11.3 Å². The molecule has 0 fully saturated rings. The van der Waals surface area contributed by atoms with E-state index in [1.165, 1.54) is 16.5 Å². The van der Waals surface area contributed by atoms with Crippen LogP contribution in [0.3, 0.4) is 0 Å². The smallest absolute Gasteiger partial charge is 0.123 e. The summed E-state index contributed by atoms with van der Waals surface area (Å²) in [6, 6.07) is 9.06. The molecule has 0 aliphatic carbocycles. The standard InChI is InChI=1S/C16H15FN2S/c1-11-14(8-18)15-10-19(6-5-16(15)20-11)9-12-3-2-4-13(17)7-12/h2-4,7H,5-6,9-10H2,1H3. The minimum absolute atomic E-state index is 0.190. The number of benzene rings is 1. The summed E-state index contributed by atoms with van der Waals surface area (Å²) in [5.74, 6) is -0.190. The van der Waals surface area contributed by atoms with E-state index in [-0.39, 0.29) is 5.82 Å². The van der Waals surface area contributed by atoms with E-state index in [1.807, 2.05) is 13.0 Å². The van der Waals surface area contributed by atoms with Gasteiger partial charge in [0.1, 0.15) is 11.9 Å². The van der Waals surface area contributed by atoms with Gasteiger partial charge in [-0.15, -0.1) is 11.3 Å². The number of fused-ring (bicyclic) bond motifs is 1. The van der Waals surface area contributed by atoms with Gasteiger partial charge in [0.15, 0.2) is 0 Å². The van der Waals surface area contributed by atoms with Crippen molar-refractivity contribution in [3.8, 4) is 6.07 Å². The van der Waals surface area contributed by atoms with Gasteiger partial charge in [0.2, 0.25) is 0 Å². The molecule has 4 heteroatoms. The highest BCUT2D eigenvalue weighted by atomic mass is 32.1. The van der Waals surface area contributed by atoms with Crippen LogP contribution in [0.15, 0.2) is 24.3 Å². The van der Waals surface area contributed by atoms with Crippen molar-refractivity contribution >= 4 is 11.3 Å². The number of aryl methyl sites for hydroxylation is 1. The molecule has 0 atom stereocenters. The Labute approximate surface area is 122 Å². The maximum atomic E-state index is 13.2. The van der Waals surface area contributed by atoms with Crippen LogP contribution in [0, 0.1) is 24.1 Å². The summed E-state index contributed by atoms with van der Waals surface area (Å²) in [4.78, 5) is 4.74. The predicted octanol–water partition coefficient (Wildman–Crippen LogP) is 3.63. The van der Waals surface area contributed by atoms with Crippen LogP contribution < -0.4 is 0 Å². The van der Waals surface area contributed by atoms with Crippen molar-refractivity contribution in [3.63, 3.8) is 0 Å². The Kier molecular flexibility index (Phi) is 3.56. The summed E-state index contributed by atoms with van der Waals surface area (Å²) in [6.45, 7) is 4.50. The van der Waals surface area contributed by atoms with Crippen molar-refractivity contribution in [2.75, 3.05) is 6.54 Å². The first kappa shape index (κ1) is 13.3. The van der Waals surface area contributed by atoms with Gasteiger partial charge in [0.05, 0.1) is 5.56 Å². The van der Waals surface area contributed by atoms with Crippen molar-refractivity contribution in [2.24, 2.45) is 0 Å². The minimum atomic E-state index is -0.190. The van der Waals surface area contributed by atoms with E-state index in [0.717, 1.165) is 42.1 Å². The lowest BCUT2D eigenvalue weighted by Crippen LogP contribution is -2.29. The summed E-state index contributed by atoms with van der Waals surface area (Å²) in [7, 11) is 0. The highest BCUT2D eigenvalue weighted by Gasteiger charge is 2.23. The Morgan fingerprint density at radius 1 is 1.45 bits per heavy atom. The van der Waals surface area contributed by atoms with Crippen LogP contribution in [-0.2, 0) is 19.5 Å². The first-order valence-corrected chi connectivity index (χ1v) is 7.47. The molecule has 1 aromatic heterocycles. The van der Waals surface area contributed by atoms with Gasteiger partial charge in [-0.25, -0.2) is 4.39 Å². The first-order chi connectivity index (χ1) is 9.67. The number of thiophene rings is 1. The number of halogens is 1. The molecule has 0 radical (unpaired) electrons. The summed E-state index contributed by atoms with van der Waals surface area (Å²) in [5, 5.41) is 9.26. The minimum Gasteiger partial charge on any atom is -0.294 e. The molecule has 0 bridgehead atoms. The molecule has 1 aliphatic rings. The quantitative estimate of drug-likeness (QED) is 0.843. The molecule has 102 valence electrons. The van der Waals surface area contributed by atoms with Gasteiger partial charge >= 0.3 is 0 Å². The molecule has 3 rings (SSSR count). The summed E-state index contributed by atoms with van der Waals surface area (Å²) in [6.07, 6.45) is 0.984. The van der Waals surface area contributed by atoms with Gasteiger partial charge in [-0.2, -0.15) is 5.26 Å². The van der Waals surface area contributed by atoms with E-state index < -0.39 is 0 Å². The van der Waals surface area contributed by atoms with Gasteiger partial charge in [-0.1, -0.05) is 12.1 Å². The molecule has 0 saturated carbocycles. The van der Waals surface area contributed by atoms with Gasteiger partial charge in [-0.3, -0.25) is 4.90 Å². The third-order valence-electron chi connectivity index (χ3n) is 3.71. The van der Waals surface area contributed by atoms with Gasteiger partial charge in [0.25, 0.3) is 0 Å². The maximum absolute atomic E-state index is 13.2. The van der Waals surface area contributed by atoms with E-state index in [2.05, 4.69) is 11.0 Å². The lowest BCUT2D eigenvalue weighted by molar-refractivity contribution is 0.247. The molecule has 1 aliphatic heterocycles. The molecule has 20 heavy (non-hydrogen) atoms. The fourth-order valence-electron chi connectivity index (χ4n) is 2.76. The zero-order valence-electron chi connectivity index (χ0n) is 11.3. The molecule has 1 aromatic carbocycles. The second-order valence-electron chi connectivity index (χ2n) is 5.14. The molecular formula is C16H15FN2S. The maximum Gasteiger partial charge on any atom is 0.123 e. The summed E-state index contributed by atoms with van der Waals surface area (Å²) >= 11 is 1.74. The summed E-state index contributed by atoms with van der Waals surface area (Å²) in [5.41, 5.74) is 3.01. The first-order valence-electron chi connectivity index (χ1n) is 6.65. The van der Waals surface area contributed by atoms with Crippen LogP contribution in [0.4, 0.5) is 4.39 Å². The molecule has 2 heterocycles. The fourth-order valence-corrected chi connectivity index (χ4v) is 3.88. The van der Waals surface area contributed by atoms with E-state index in [9.17, 15) is 9.65 Å². The Hall–Kier alpha value is -1.70. The van der Waals surface area contributed by atoms with Crippen LogP contribution in [0.25, 0.3) is 0 Å². The number of rotatable bonds is 2. The number of nitrogens with zero attached hydrogens (tertiary/aromatic N) is 2. The van der Waals surface area contributed by atoms with Crippen molar-refractivity contribution in [3.05, 3.63) is 56.5 Å². The van der Waals surface area contributed by atoms with Crippen LogP contribution in [0.1, 0.15) is 26.4 Å². The van der Waals surface area contributed by atoms with Crippen molar-refractivity contribution < 1.29 is 4.39 Å². The largest absolute Gasteiger partial charge is 0.294 e. The monoisotopic (exact) mass is 286 g/mol. The average Bonchev–Trinajstić information content (AvgIpc) is 2.73. The average molecular weight is 286 g/mol. The molecule has 0 spiro atoms. The van der Waals surface area contributed by atoms with Crippen LogP contribution in [0.2, 0.25) is 0 Å². The number of hydrogen-bond donors (Lipinski definition) is 0. The highest BCUT2D eigenvalue weighted by Crippen LogP contribution is 2.32. The van der Waals surface area contributed by atoms with Crippen molar-refractivity contribution in [1.29, 1.82) is 5.26 Å². The van der Waals surface area contributed by atoms with E-state index in [0.29, 0.717) is 0 Å². The molecule has 0 unspecified atom stereocenters. The summed E-state index contributed by atoms with van der Waals surface area (Å²) < 4.78 is 13.2. The van der Waals surface area contributed by atoms with Gasteiger partial charge in [0, 0.05) is 29.4 Å². The molecule has 2 aromatic rings. The highest BCUT2D eigenvalue weighted by molar-refractivity contribution is 7.12. The normalized spacial score (nSPS) is 14.8. The zero-order valence-corrected chi connectivity index (χ0v) is 12.1. The number of nitriles is 1. The third-order valence-corrected chi connectivity index (χ3v) is 4.92. The second kappa shape index (κ2) is 5.35. The molecule has 2 nitrogen and oxygen atoms in total. The Bertz CT molecular complexity index is 684. The third kappa shape index (κ3) is 2.47. The van der Waals surface area contributed by atoms with E-state index in [4.69, 9.17) is 0 Å². The lowest BCUT2D eigenvalue weighted by Gasteiger charge is -2.27. The molecule has 0 N–H and O–H groups in total. The van der Waals surface area contributed by atoms with E-state index in [1.54, 1.807) is 23.5 Å². The van der Waals surface area contributed by atoms with Gasteiger partial charge in [-0.05, 0) is 36.6 Å². The van der Waals surface area contributed by atoms with Crippen LogP contribution in [-0.4, -0.2) is 11.4 Å². The van der Waals surface area contributed by atoms with Gasteiger partial charge < -0.3 is 0 Å². The van der Waals surface area contributed by atoms with Crippen molar-refractivity contribution in [1.82, 2.24) is 4.90 Å². The molecule has 0 saturated heterocycles.